The maximum absolute atomic E-state index is 14.0. The SMILES string of the molecule is O=C(CC1CN(Cc2ccccc2)c2ccccc2N(Cc2ccccc2)C1=O)Nc1ccc(F)cc1. The van der Waals surface area contributed by atoms with Crippen LogP contribution < -0.4 is 15.1 Å². The van der Waals surface area contributed by atoms with Crippen LogP contribution in [0, 0.1) is 11.7 Å². The smallest absolute Gasteiger partial charge is 0.232 e. The fourth-order valence-corrected chi connectivity index (χ4v) is 4.74. The Labute approximate surface area is 216 Å². The lowest BCUT2D eigenvalue weighted by Crippen LogP contribution is -2.39. The van der Waals surface area contributed by atoms with Crippen molar-refractivity contribution < 1.29 is 14.0 Å². The number of fused-ring (bicyclic) bond motifs is 1. The van der Waals surface area contributed by atoms with Crippen molar-refractivity contribution >= 4 is 28.9 Å². The first-order chi connectivity index (χ1) is 18.1. The van der Waals surface area contributed by atoms with Crippen molar-refractivity contribution in [2.24, 2.45) is 5.92 Å². The number of hydrogen-bond donors (Lipinski definition) is 1. The number of nitrogens with zero attached hydrogens (tertiary/aromatic N) is 2. The molecule has 0 fully saturated rings. The van der Waals surface area contributed by atoms with Gasteiger partial charge in [-0.2, -0.15) is 0 Å². The standard InChI is InChI=1S/C31H28FN3O2/c32-26-15-17-27(18-16-26)33-30(36)19-25-22-34(20-23-9-3-1-4-10-23)28-13-7-8-14-29(28)35(31(25)37)21-24-11-5-2-6-12-24/h1-18,25H,19-22H2,(H,33,36). The lowest BCUT2D eigenvalue weighted by Gasteiger charge is -2.27. The first kappa shape index (κ1) is 24.3. The number of rotatable bonds is 7. The predicted octanol–water partition coefficient (Wildman–Crippen LogP) is 6.02. The Bertz CT molecular complexity index is 1360. The number of nitrogens with one attached hydrogen (secondary N) is 1. The van der Waals surface area contributed by atoms with E-state index in [1.54, 1.807) is 4.90 Å². The second-order valence-corrected chi connectivity index (χ2v) is 9.22. The molecule has 37 heavy (non-hydrogen) atoms. The molecule has 0 spiro atoms. The molecule has 1 atom stereocenters. The minimum absolute atomic E-state index is 0.0147. The Hall–Kier alpha value is -4.45. The molecule has 0 aliphatic carbocycles. The molecule has 1 aliphatic rings. The van der Waals surface area contributed by atoms with Gasteiger partial charge in [0.1, 0.15) is 5.82 Å². The van der Waals surface area contributed by atoms with Crippen molar-refractivity contribution in [3.8, 4) is 0 Å². The molecule has 1 aliphatic heterocycles. The summed E-state index contributed by atoms with van der Waals surface area (Å²) in [4.78, 5) is 31.0. The van der Waals surface area contributed by atoms with Gasteiger partial charge in [0.05, 0.1) is 23.8 Å². The Balaban J connectivity index is 1.47. The highest BCUT2D eigenvalue weighted by atomic mass is 19.1. The lowest BCUT2D eigenvalue weighted by molar-refractivity contribution is -0.126. The number of carbonyl (C=O) groups is 2. The lowest BCUT2D eigenvalue weighted by atomic mass is 10.0. The van der Waals surface area contributed by atoms with Crippen LogP contribution in [0.2, 0.25) is 0 Å². The van der Waals surface area contributed by atoms with Gasteiger partial charge in [-0.15, -0.1) is 0 Å². The van der Waals surface area contributed by atoms with Gasteiger partial charge >= 0.3 is 0 Å². The van der Waals surface area contributed by atoms with Crippen molar-refractivity contribution in [2.45, 2.75) is 19.5 Å². The second-order valence-electron chi connectivity index (χ2n) is 9.22. The van der Waals surface area contributed by atoms with Crippen molar-refractivity contribution in [3.63, 3.8) is 0 Å². The molecule has 4 aromatic carbocycles. The fraction of sp³-hybridized carbons (Fsp3) is 0.161. The van der Waals surface area contributed by atoms with E-state index in [9.17, 15) is 14.0 Å². The molecule has 186 valence electrons. The number of benzene rings is 4. The van der Waals surface area contributed by atoms with Gasteiger partial charge in [-0.3, -0.25) is 9.59 Å². The van der Waals surface area contributed by atoms with Crippen LogP contribution in [-0.2, 0) is 22.7 Å². The molecule has 0 radical (unpaired) electrons. The molecule has 4 aromatic rings. The van der Waals surface area contributed by atoms with Crippen molar-refractivity contribution in [3.05, 3.63) is 126 Å². The normalized spacial score (nSPS) is 15.2. The summed E-state index contributed by atoms with van der Waals surface area (Å²) in [5, 5.41) is 2.81. The zero-order valence-corrected chi connectivity index (χ0v) is 20.4. The Morgan fingerprint density at radius 2 is 1.32 bits per heavy atom. The van der Waals surface area contributed by atoms with E-state index in [1.165, 1.54) is 24.3 Å². The van der Waals surface area contributed by atoms with Crippen LogP contribution in [0.25, 0.3) is 0 Å². The third-order valence-corrected chi connectivity index (χ3v) is 6.53. The van der Waals surface area contributed by atoms with Crippen LogP contribution in [0.3, 0.4) is 0 Å². The fourth-order valence-electron chi connectivity index (χ4n) is 4.74. The molecule has 5 nitrogen and oxygen atoms in total. The highest BCUT2D eigenvalue weighted by Gasteiger charge is 2.35. The molecule has 0 aromatic heterocycles. The topological polar surface area (TPSA) is 52.7 Å². The van der Waals surface area contributed by atoms with Gasteiger partial charge in [-0.25, -0.2) is 4.39 Å². The monoisotopic (exact) mass is 493 g/mol. The molecular formula is C31H28FN3O2. The summed E-state index contributed by atoms with van der Waals surface area (Å²) < 4.78 is 13.3. The first-order valence-corrected chi connectivity index (χ1v) is 12.4. The van der Waals surface area contributed by atoms with Gasteiger partial charge in [-0.05, 0) is 47.5 Å². The zero-order valence-electron chi connectivity index (χ0n) is 20.4. The van der Waals surface area contributed by atoms with Gasteiger partial charge in [0, 0.05) is 25.2 Å². The van der Waals surface area contributed by atoms with E-state index in [2.05, 4.69) is 22.3 Å². The Kier molecular flexibility index (Phi) is 7.26. The molecule has 1 unspecified atom stereocenters. The third kappa shape index (κ3) is 5.86. The quantitative estimate of drug-likeness (QED) is 0.342. The summed E-state index contributed by atoms with van der Waals surface area (Å²) in [5.74, 6) is -1.32. The van der Waals surface area contributed by atoms with Crippen LogP contribution in [-0.4, -0.2) is 18.4 Å². The average molecular weight is 494 g/mol. The van der Waals surface area contributed by atoms with E-state index in [-0.39, 0.29) is 24.1 Å². The Morgan fingerprint density at radius 1 is 0.757 bits per heavy atom. The molecule has 2 amide bonds. The minimum Gasteiger partial charge on any atom is -0.365 e. The van der Waals surface area contributed by atoms with E-state index in [1.807, 2.05) is 72.8 Å². The summed E-state index contributed by atoms with van der Waals surface area (Å²) in [6, 6.07) is 33.5. The maximum atomic E-state index is 14.0. The van der Waals surface area contributed by atoms with Crippen LogP contribution in [0.15, 0.2) is 109 Å². The largest absolute Gasteiger partial charge is 0.365 e. The molecule has 0 saturated heterocycles. The molecule has 0 saturated carbocycles. The van der Waals surface area contributed by atoms with E-state index in [4.69, 9.17) is 0 Å². The summed E-state index contributed by atoms with van der Waals surface area (Å²) in [6.07, 6.45) is 0.0147. The predicted molar refractivity (Wildman–Crippen MR) is 145 cm³/mol. The molecule has 5 rings (SSSR count). The van der Waals surface area contributed by atoms with Crippen molar-refractivity contribution in [2.75, 3.05) is 21.7 Å². The van der Waals surface area contributed by atoms with Gasteiger partial charge in [-0.1, -0.05) is 72.8 Å². The molecule has 6 heteroatoms. The summed E-state index contributed by atoms with van der Waals surface area (Å²) >= 11 is 0. The minimum atomic E-state index is -0.569. The maximum Gasteiger partial charge on any atom is 0.232 e. The zero-order chi connectivity index (χ0) is 25.6. The number of para-hydroxylation sites is 2. The summed E-state index contributed by atoms with van der Waals surface area (Å²) in [6.45, 7) is 1.42. The van der Waals surface area contributed by atoms with E-state index < -0.39 is 5.92 Å². The molecule has 0 bridgehead atoms. The third-order valence-electron chi connectivity index (χ3n) is 6.53. The average Bonchev–Trinajstić information content (AvgIpc) is 3.02. The Morgan fingerprint density at radius 3 is 1.97 bits per heavy atom. The van der Waals surface area contributed by atoms with E-state index in [0.29, 0.717) is 25.3 Å². The molecular weight excluding hydrogens is 465 g/mol. The van der Waals surface area contributed by atoms with Crippen LogP contribution in [0.4, 0.5) is 21.5 Å². The van der Waals surface area contributed by atoms with Gasteiger partial charge in [0.2, 0.25) is 11.8 Å². The van der Waals surface area contributed by atoms with E-state index >= 15 is 0 Å². The molecule has 1 N–H and O–H groups in total. The first-order valence-electron chi connectivity index (χ1n) is 12.4. The van der Waals surface area contributed by atoms with Crippen molar-refractivity contribution in [1.29, 1.82) is 0 Å². The van der Waals surface area contributed by atoms with E-state index in [0.717, 1.165) is 22.5 Å². The van der Waals surface area contributed by atoms with Crippen molar-refractivity contribution in [1.82, 2.24) is 0 Å². The van der Waals surface area contributed by atoms with Gasteiger partial charge in [0.25, 0.3) is 0 Å². The summed E-state index contributed by atoms with van der Waals surface area (Å²) in [7, 11) is 0. The number of anilines is 3. The second kappa shape index (κ2) is 11.1. The molecule has 1 heterocycles. The van der Waals surface area contributed by atoms with Crippen LogP contribution >= 0.6 is 0 Å². The highest BCUT2D eigenvalue weighted by Crippen LogP contribution is 2.36. The number of hydrogen-bond acceptors (Lipinski definition) is 3. The van der Waals surface area contributed by atoms with Gasteiger partial charge < -0.3 is 15.1 Å². The summed E-state index contributed by atoms with van der Waals surface area (Å²) in [5.41, 5.74) is 4.41. The van der Waals surface area contributed by atoms with Gasteiger partial charge in [0.15, 0.2) is 0 Å². The van der Waals surface area contributed by atoms with Crippen LogP contribution in [0.1, 0.15) is 17.5 Å². The van der Waals surface area contributed by atoms with Crippen LogP contribution in [0.5, 0.6) is 0 Å². The highest BCUT2D eigenvalue weighted by molar-refractivity contribution is 6.03. The number of carbonyl (C=O) groups excluding carboxylic acids is 2. The number of amides is 2. The number of halogens is 1.